The van der Waals surface area contributed by atoms with Gasteiger partial charge in [0.05, 0.1) is 5.92 Å². The van der Waals surface area contributed by atoms with Crippen molar-refractivity contribution in [1.29, 1.82) is 0 Å². The zero-order valence-corrected chi connectivity index (χ0v) is 11.2. The van der Waals surface area contributed by atoms with Crippen LogP contribution in [0.3, 0.4) is 0 Å². The first-order valence-corrected chi connectivity index (χ1v) is 7.02. The highest BCUT2D eigenvalue weighted by atomic mass is 16.5. The van der Waals surface area contributed by atoms with Gasteiger partial charge >= 0.3 is 5.97 Å². The van der Waals surface area contributed by atoms with Gasteiger partial charge in [-0.3, -0.25) is 4.79 Å². The molecule has 2 aliphatic heterocycles. The molecule has 4 rings (SSSR count). The quantitative estimate of drug-likeness (QED) is 0.587. The molecule has 2 heteroatoms. The number of ether oxygens (including phenoxy) is 1. The lowest BCUT2D eigenvalue weighted by atomic mass is 9.68. The molecule has 0 spiro atoms. The summed E-state index contributed by atoms with van der Waals surface area (Å²) < 4.78 is 5.40. The van der Waals surface area contributed by atoms with Gasteiger partial charge in [-0.1, -0.05) is 27.7 Å². The molecule has 2 aliphatic carbocycles. The average Bonchev–Trinajstić information content (AvgIpc) is 2.48. The molecule has 2 saturated carbocycles. The van der Waals surface area contributed by atoms with Crippen LogP contribution in [-0.4, -0.2) is 12.1 Å². The molecule has 2 atom stereocenters. The summed E-state index contributed by atoms with van der Waals surface area (Å²) in [4.78, 5) is 11.4. The smallest absolute Gasteiger partial charge is 0.309 e. The fourth-order valence-corrected chi connectivity index (χ4v) is 3.34. The number of rotatable bonds is 0. The summed E-state index contributed by atoms with van der Waals surface area (Å²) in [6, 6.07) is 0. The Morgan fingerprint density at radius 2 is 1.38 bits per heavy atom. The lowest BCUT2D eigenvalue weighted by molar-refractivity contribution is -0.151. The molecule has 0 radical (unpaired) electrons. The molecule has 0 aromatic rings. The second-order valence-electron chi connectivity index (χ2n) is 4.67. The Morgan fingerprint density at radius 3 is 1.88 bits per heavy atom. The van der Waals surface area contributed by atoms with Crippen LogP contribution >= 0.6 is 0 Å². The number of hydrogen-bond donors (Lipinski definition) is 0. The largest absolute Gasteiger partial charge is 0.462 e. The van der Waals surface area contributed by atoms with Crippen molar-refractivity contribution in [3.63, 3.8) is 0 Å². The maximum atomic E-state index is 11.4. The molecule has 16 heavy (non-hydrogen) atoms. The summed E-state index contributed by atoms with van der Waals surface area (Å²) in [5.41, 5.74) is 0. The number of fused-ring (bicyclic) bond motifs is 1. The van der Waals surface area contributed by atoms with E-state index in [1.54, 1.807) is 0 Å². The summed E-state index contributed by atoms with van der Waals surface area (Å²) in [5, 5.41) is 0. The van der Waals surface area contributed by atoms with Crippen molar-refractivity contribution in [2.24, 2.45) is 17.8 Å². The highest BCUT2D eigenvalue weighted by Crippen LogP contribution is 2.46. The van der Waals surface area contributed by atoms with E-state index >= 15 is 0 Å². The third kappa shape index (κ3) is 2.78. The highest BCUT2D eigenvalue weighted by molar-refractivity contribution is 5.73. The van der Waals surface area contributed by atoms with Gasteiger partial charge in [-0.25, -0.2) is 0 Å². The maximum absolute atomic E-state index is 11.4. The lowest BCUT2D eigenvalue weighted by Crippen LogP contribution is -2.29. The molecule has 0 amide bonds. The van der Waals surface area contributed by atoms with E-state index in [2.05, 4.69) is 0 Å². The molecule has 2 saturated heterocycles. The van der Waals surface area contributed by atoms with Gasteiger partial charge in [0.2, 0.25) is 0 Å². The van der Waals surface area contributed by atoms with Crippen LogP contribution in [0.4, 0.5) is 0 Å². The molecule has 94 valence electrons. The van der Waals surface area contributed by atoms with Crippen molar-refractivity contribution in [1.82, 2.24) is 0 Å². The van der Waals surface area contributed by atoms with Gasteiger partial charge in [0, 0.05) is 0 Å². The van der Waals surface area contributed by atoms with Crippen LogP contribution < -0.4 is 0 Å². The van der Waals surface area contributed by atoms with Crippen LogP contribution in [-0.2, 0) is 9.53 Å². The van der Waals surface area contributed by atoms with Crippen molar-refractivity contribution in [3.8, 4) is 0 Å². The molecular formula is C14H26O2. The van der Waals surface area contributed by atoms with Crippen molar-refractivity contribution < 1.29 is 9.53 Å². The van der Waals surface area contributed by atoms with E-state index in [9.17, 15) is 4.79 Å². The molecule has 2 heterocycles. The Bertz CT molecular complexity index is 211. The third-order valence-electron chi connectivity index (χ3n) is 3.71. The first-order valence-electron chi connectivity index (χ1n) is 7.02. The van der Waals surface area contributed by atoms with Crippen LogP contribution in [0.15, 0.2) is 0 Å². The summed E-state index contributed by atoms with van der Waals surface area (Å²) in [6.07, 6.45) is 6.19. The number of carbonyl (C=O) groups is 1. The van der Waals surface area contributed by atoms with E-state index in [0.29, 0.717) is 0 Å². The summed E-state index contributed by atoms with van der Waals surface area (Å²) >= 11 is 0. The monoisotopic (exact) mass is 226 g/mol. The minimum atomic E-state index is 0.102. The maximum Gasteiger partial charge on any atom is 0.309 e. The minimum Gasteiger partial charge on any atom is -0.462 e. The fourth-order valence-electron chi connectivity index (χ4n) is 3.34. The Morgan fingerprint density at radius 1 is 0.875 bits per heavy atom. The second kappa shape index (κ2) is 6.27. The van der Waals surface area contributed by atoms with Gasteiger partial charge in [-0.15, -0.1) is 0 Å². The van der Waals surface area contributed by atoms with E-state index in [4.69, 9.17) is 4.74 Å². The van der Waals surface area contributed by atoms with Gasteiger partial charge in [0.25, 0.3) is 0 Å². The van der Waals surface area contributed by atoms with Gasteiger partial charge < -0.3 is 4.74 Å². The Labute approximate surface area is 99.8 Å². The molecule has 4 fully saturated rings. The molecular weight excluding hydrogens is 200 g/mol. The molecule has 4 bridgehead atoms. The van der Waals surface area contributed by atoms with E-state index in [0.717, 1.165) is 37.5 Å². The minimum absolute atomic E-state index is 0.102. The Kier molecular flexibility index (Phi) is 5.30. The molecule has 0 aromatic carbocycles. The predicted molar refractivity (Wildman–Crippen MR) is 66.1 cm³/mol. The summed E-state index contributed by atoms with van der Waals surface area (Å²) in [5.74, 6) is 1.98. The Balaban J connectivity index is 0.000000291. The molecule has 2 nitrogen and oxygen atoms in total. The summed E-state index contributed by atoms with van der Waals surface area (Å²) in [7, 11) is 0. The SMILES string of the molecule is CC.CC.O=C1OC2CC3CC(C2)CC1C3. The van der Waals surface area contributed by atoms with Gasteiger partial charge in [-0.05, 0) is 43.9 Å². The first kappa shape index (κ1) is 13.5. The standard InChI is InChI=1S/C10H14O2.2C2H6/c11-10-8-2-6-1-7(3-8)5-9(4-6)12-10;2*1-2/h6-9H,1-5H2;2*1-2H3. The fraction of sp³-hybridized carbons (Fsp3) is 0.929. The van der Waals surface area contributed by atoms with E-state index in [1.165, 1.54) is 6.42 Å². The van der Waals surface area contributed by atoms with Crippen LogP contribution in [0.1, 0.15) is 59.8 Å². The van der Waals surface area contributed by atoms with Crippen molar-refractivity contribution in [2.45, 2.75) is 65.9 Å². The van der Waals surface area contributed by atoms with E-state index in [1.807, 2.05) is 27.7 Å². The van der Waals surface area contributed by atoms with E-state index < -0.39 is 0 Å². The van der Waals surface area contributed by atoms with Crippen LogP contribution in [0.5, 0.6) is 0 Å². The number of carbonyl (C=O) groups excluding carboxylic acids is 1. The van der Waals surface area contributed by atoms with Gasteiger partial charge in [-0.2, -0.15) is 0 Å². The predicted octanol–water partition coefficient (Wildman–Crippen LogP) is 3.79. The van der Waals surface area contributed by atoms with E-state index in [-0.39, 0.29) is 18.0 Å². The van der Waals surface area contributed by atoms with Crippen molar-refractivity contribution in [3.05, 3.63) is 0 Å². The van der Waals surface area contributed by atoms with Gasteiger partial charge in [0.15, 0.2) is 0 Å². The molecule has 4 aliphatic rings. The molecule has 2 unspecified atom stereocenters. The van der Waals surface area contributed by atoms with Gasteiger partial charge in [0.1, 0.15) is 6.10 Å². The second-order valence-corrected chi connectivity index (χ2v) is 4.67. The number of hydrogen-bond acceptors (Lipinski definition) is 2. The van der Waals surface area contributed by atoms with Crippen molar-refractivity contribution in [2.75, 3.05) is 0 Å². The average molecular weight is 226 g/mol. The van der Waals surface area contributed by atoms with Crippen LogP contribution in [0.2, 0.25) is 0 Å². The highest BCUT2D eigenvalue weighted by Gasteiger charge is 2.44. The van der Waals surface area contributed by atoms with Crippen LogP contribution in [0, 0.1) is 17.8 Å². The van der Waals surface area contributed by atoms with Crippen molar-refractivity contribution >= 4 is 5.97 Å². The molecule has 0 aromatic heterocycles. The number of esters is 1. The topological polar surface area (TPSA) is 26.3 Å². The zero-order valence-electron chi connectivity index (χ0n) is 11.2. The lowest BCUT2D eigenvalue weighted by Gasteiger charge is -2.35. The van der Waals surface area contributed by atoms with Crippen LogP contribution in [0.25, 0.3) is 0 Å². The first-order chi connectivity index (χ1) is 7.81. The molecule has 0 N–H and O–H groups in total. The Hall–Kier alpha value is -0.530. The normalized spacial score (nSPS) is 38.6. The third-order valence-corrected chi connectivity index (χ3v) is 3.71. The summed E-state index contributed by atoms with van der Waals surface area (Å²) in [6.45, 7) is 8.00. The zero-order chi connectivity index (χ0) is 12.1.